The van der Waals surface area contributed by atoms with Crippen molar-refractivity contribution in [3.05, 3.63) is 65.2 Å². The molecule has 25 heavy (non-hydrogen) atoms. The van der Waals surface area contributed by atoms with Crippen LogP contribution in [0.2, 0.25) is 0 Å². The van der Waals surface area contributed by atoms with Crippen LogP contribution in [-0.4, -0.2) is 23.1 Å². The monoisotopic (exact) mass is 347 g/mol. The van der Waals surface area contributed by atoms with Crippen molar-refractivity contribution in [1.82, 2.24) is 5.32 Å². The van der Waals surface area contributed by atoms with Crippen molar-refractivity contribution in [2.75, 3.05) is 0 Å². The van der Waals surface area contributed by atoms with Crippen LogP contribution in [0.1, 0.15) is 23.6 Å². The van der Waals surface area contributed by atoms with Crippen LogP contribution in [0.15, 0.2) is 42.5 Å². The number of ether oxygens (including phenoxy) is 1. The van der Waals surface area contributed by atoms with E-state index in [0.717, 1.165) is 0 Å². The highest BCUT2D eigenvalue weighted by atomic mass is 19.1. The Morgan fingerprint density at radius 1 is 1.20 bits per heavy atom. The molecule has 3 rings (SSSR count). The Morgan fingerprint density at radius 3 is 2.56 bits per heavy atom. The maximum absolute atomic E-state index is 13.7. The number of carboxylic acid groups (broad SMARTS) is 1. The first-order valence-corrected chi connectivity index (χ1v) is 7.65. The lowest BCUT2D eigenvalue weighted by molar-refractivity contribution is -0.138. The number of para-hydroxylation sites is 1. The zero-order valence-electron chi connectivity index (χ0n) is 13.0. The minimum Gasteiger partial charge on any atom is -0.481 e. The average molecular weight is 347 g/mol. The van der Waals surface area contributed by atoms with Crippen molar-refractivity contribution in [2.45, 2.75) is 25.0 Å². The molecule has 2 atom stereocenters. The molecule has 0 unspecified atom stereocenters. The Kier molecular flexibility index (Phi) is 4.65. The van der Waals surface area contributed by atoms with Crippen molar-refractivity contribution in [1.29, 1.82) is 0 Å². The quantitative estimate of drug-likeness (QED) is 0.872. The van der Waals surface area contributed by atoms with Crippen LogP contribution in [-0.2, 0) is 16.0 Å². The molecule has 0 bridgehead atoms. The smallest absolute Gasteiger partial charge is 0.305 e. The number of carboxylic acids is 1. The van der Waals surface area contributed by atoms with E-state index in [2.05, 4.69) is 5.32 Å². The van der Waals surface area contributed by atoms with Crippen molar-refractivity contribution >= 4 is 11.9 Å². The molecule has 0 saturated heterocycles. The third kappa shape index (κ3) is 3.76. The molecule has 0 aliphatic carbocycles. The zero-order chi connectivity index (χ0) is 18.0. The summed E-state index contributed by atoms with van der Waals surface area (Å²) in [6.07, 6.45) is -1.11. The molecule has 1 amide bonds. The highest BCUT2D eigenvalue weighted by molar-refractivity contribution is 5.83. The summed E-state index contributed by atoms with van der Waals surface area (Å²) >= 11 is 0. The van der Waals surface area contributed by atoms with E-state index in [1.807, 2.05) is 0 Å². The van der Waals surface area contributed by atoms with Gasteiger partial charge in [0.1, 0.15) is 5.82 Å². The van der Waals surface area contributed by atoms with Crippen LogP contribution < -0.4 is 10.1 Å². The zero-order valence-corrected chi connectivity index (χ0v) is 13.0. The lowest BCUT2D eigenvalue weighted by Gasteiger charge is -2.20. The minimum atomic E-state index is -1.11. The van der Waals surface area contributed by atoms with E-state index < -0.39 is 35.7 Å². The van der Waals surface area contributed by atoms with Crippen molar-refractivity contribution in [2.24, 2.45) is 0 Å². The van der Waals surface area contributed by atoms with Gasteiger partial charge in [-0.3, -0.25) is 9.59 Å². The summed E-state index contributed by atoms with van der Waals surface area (Å²) in [5.74, 6) is -2.63. The normalized spacial score (nSPS) is 16.6. The molecule has 0 saturated carbocycles. The Hall–Kier alpha value is -2.96. The summed E-state index contributed by atoms with van der Waals surface area (Å²) in [6.45, 7) is 0. The molecule has 2 aromatic rings. The number of halogens is 2. The van der Waals surface area contributed by atoms with Crippen LogP contribution >= 0.6 is 0 Å². The topological polar surface area (TPSA) is 75.6 Å². The van der Waals surface area contributed by atoms with Crippen LogP contribution in [0.25, 0.3) is 0 Å². The predicted octanol–water partition coefficient (Wildman–Crippen LogP) is 2.60. The Morgan fingerprint density at radius 2 is 1.92 bits per heavy atom. The number of nitrogens with one attached hydrogen (secondary N) is 1. The van der Waals surface area contributed by atoms with Gasteiger partial charge in [-0.1, -0.05) is 24.3 Å². The lowest BCUT2D eigenvalue weighted by atomic mass is 10.0. The number of hydrogen-bond acceptors (Lipinski definition) is 3. The SMILES string of the molecule is O=C(O)C[C@@H](NC(=O)[C@@H]1Cc2cccc(F)c2O1)c1ccc(F)cc1. The molecule has 0 radical (unpaired) electrons. The van der Waals surface area contributed by atoms with Gasteiger partial charge < -0.3 is 15.2 Å². The van der Waals surface area contributed by atoms with E-state index in [1.54, 1.807) is 6.07 Å². The van der Waals surface area contributed by atoms with Crippen molar-refractivity contribution in [3.63, 3.8) is 0 Å². The van der Waals surface area contributed by atoms with Crippen molar-refractivity contribution in [3.8, 4) is 5.75 Å². The fourth-order valence-corrected chi connectivity index (χ4v) is 2.76. The molecule has 1 heterocycles. The highest BCUT2D eigenvalue weighted by Crippen LogP contribution is 2.31. The summed E-state index contributed by atoms with van der Waals surface area (Å²) < 4.78 is 32.1. The number of fused-ring (bicyclic) bond motifs is 1. The van der Waals surface area contributed by atoms with Crippen LogP contribution in [0.3, 0.4) is 0 Å². The second-order valence-electron chi connectivity index (χ2n) is 5.75. The summed E-state index contributed by atoms with van der Waals surface area (Å²) in [6, 6.07) is 8.79. The maximum Gasteiger partial charge on any atom is 0.305 e. The highest BCUT2D eigenvalue weighted by Gasteiger charge is 2.32. The number of carbonyl (C=O) groups is 2. The molecular weight excluding hydrogens is 332 g/mol. The van der Waals surface area contributed by atoms with Crippen LogP contribution in [0.5, 0.6) is 5.75 Å². The van der Waals surface area contributed by atoms with Gasteiger partial charge in [-0.25, -0.2) is 8.78 Å². The Labute approximate surface area is 142 Å². The van der Waals surface area contributed by atoms with Gasteiger partial charge in [0.05, 0.1) is 12.5 Å². The standard InChI is InChI=1S/C18H15F2NO4/c19-12-6-4-10(5-7-12)14(9-16(22)23)21-18(24)15-8-11-2-1-3-13(20)17(11)25-15/h1-7,14-15H,8-9H2,(H,21,24)(H,22,23)/t14-,15+/m1/s1. The van der Waals surface area contributed by atoms with Gasteiger partial charge >= 0.3 is 5.97 Å². The third-order valence-electron chi connectivity index (χ3n) is 3.97. The maximum atomic E-state index is 13.7. The number of amides is 1. The van der Waals surface area contributed by atoms with E-state index in [1.165, 1.54) is 36.4 Å². The molecule has 7 heteroatoms. The Bertz CT molecular complexity index is 807. The van der Waals surface area contributed by atoms with E-state index in [9.17, 15) is 18.4 Å². The summed E-state index contributed by atoms with van der Waals surface area (Å²) in [5, 5.41) is 11.6. The van der Waals surface area contributed by atoms with Crippen molar-refractivity contribution < 1.29 is 28.2 Å². The fraction of sp³-hybridized carbons (Fsp3) is 0.222. The molecule has 2 N–H and O–H groups in total. The Balaban J connectivity index is 1.74. The summed E-state index contributed by atoms with van der Waals surface area (Å²) in [5.41, 5.74) is 1.04. The molecule has 130 valence electrons. The van der Waals surface area contributed by atoms with E-state index >= 15 is 0 Å². The van der Waals surface area contributed by atoms with Gasteiger partial charge in [0.15, 0.2) is 17.7 Å². The number of carbonyl (C=O) groups excluding carboxylic acids is 1. The molecular formula is C18H15F2NO4. The third-order valence-corrected chi connectivity index (χ3v) is 3.97. The largest absolute Gasteiger partial charge is 0.481 e. The second-order valence-corrected chi connectivity index (χ2v) is 5.75. The first kappa shape index (κ1) is 16.9. The van der Waals surface area contributed by atoms with Gasteiger partial charge in [0.2, 0.25) is 0 Å². The van der Waals surface area contributed by atoms with Gasteiger partial charge in [0, 0.05) is 12.0 Å². The molecule has 0 fully saturated rings. The minimum absolute atomic E-state index is 0.0409. The average Bonchev–Trinajstić information content (AvgIpc) is 3.00. The molecule has 5 nitrogen and oxygen atoms in total. The number of benzene rings is 2. The number of hydrogen-bond donors (Lipinski definition) is 2. The summed E-state index contributed by atoms with van der Waals surface area (Å²) in [7, 11) is 0. The molecule has 0 spiro atoms. The van der Waals surface area contributed by atoms with Crippen LogP contribution in [0.4, 0.5) is 8.78 Å². The molecule has 1 aliphatic rings. The van der Waals surface area contributed by atoms with Gasteiger partial charge in [-0.05, 0) is 23.8 Å². The second kappa shape index (κ2) is 6.88. The first-order valence-electron chi connectivity index (χ1n) is 7.65. The van der Waals surface area contributed by atoms with E-state index in [0.29, 0.717) is 11.1 Å². The van der Waals surface area contributed by atoms with Crippen LogP contribution in [0, 0.1) is 11.6 Å². The summed E-state index contributed by atoms with van der Waals surface area (Å²) in [4.78, 5) is 23.5. The van der Waals surface area contributed by atoms with Gasteiger partial charge in [0.25, 0.3) is 5.91 Å². The molecule has 2 aromatic carbocycles. The van der Waals surface area contributed by atoms with Gasteiger partial charge in [-0.2, -0.15) is 0 Å². The van der Waals surface area contributed by atoms with E-state index in [4.69, 9.17) is 9.84 Å². The first-order chi connectivity index (χ1) is 11.9. The number of aliphatic carboxylic acids is 1. The predicted molar refractivity (Wildman–Crippen MR) is 84.1 cm³/mol. The van der Waals surface area contributed by atoms with Gasteiger partial charge in [-0.15, -0.1) is 0 Å². The molecule has 1 aliphatic heterocycles. The lowest BCUT2D eigenvalue weighted by Crippen LogP contribution is -2.40. The van der Waals surface area contributed by atoms with E-state index in [-0.39, 0.29) is 18.6 Å². The number of rotatable bonds is 5. The molecule has 0 aromatic heterocycles. The fourth-order valence-electron chi connectivity index (χ4n) is 2.76.